The van der Waals surface area contributed by atoms with Crippen molar-refractivity contribution in [1.82, 2.24) is 10.2 Å². The molecule has 0 aliphatic carbocycles. The highest BCUT2D eigenvalue weighted by Gasteiger charge is 2.38. The summed E-state index contributed by atoms with van der Waals surface area (Å²) in [6.45, 7) is 19.5. The van der Waals surface area contributed by atoms with Crippen LogP contribution < -0.4 is 5.32 Å². The summed E-state index contributed by atoms with van der Waals surface area (Å²) in [5.74, 6) is 3.57. The van der Waals surface area contributed by atoms with E-state index in [1.807, 2.05) is 0 Å². The van der Waals surface area contributed by atoms with Crippen molar-refractivity contribution in [3.8, 4) is 0 Å². The zero-order chi connectivity index (χ0) is 17.3. The van der Waals surface area contributed by atoms with Gasteiger partial charge in [0.25, 0.3) is 0 Å². The summed E-state index contributed by atoms with van der Waals surface area (Å²) in [7, 11) is 2.32. The van der Waals surface area contributed by atoms with Crippen molar-refractivity contribution in [3.05, 3.63) is 0 Å². The lowest BCUT2D eigenvalue weighted by Crippen LogP contribution is -2.48. The van der Waals surface area contributed by atoms with E-state index >= 15 is 0 Å². The Morgan fingerprint density at radius 1 is 0.957 bits per heavy atom. The van der Waals surface area contributed by atoms with Gasteiger partial charge in [-0.05, 0) is 86.9 Å². The first-order valence-electron chi connectivity index (χ1n) is 9.93. The molecule has 136 valence electrons. The van der Waals surface area contributed by atoms with E-state index in [0.717, 1.165) is 23.7 Å². The number of nitrogens with one attached hydrogen (secondary N) is 1. The lowest BCUT2D eigenvalue weighted by Gasteiger charge is -2.46. The molecule has 23 heavy (non-hydrogen) atoms. The molecule has 0 aromatic heterocycles. The highest BCUT2D eigenvalue weighted by molar-refractivity contribution is 4.90. The largest absolute Gasteiger partial charge is 0.316 e. The summed E-state index contributed by atoms with van der Waals surface area (Å²) in [5, 5.41) is 3.78. The summed E-state index contributed by atoms with van der Waals surface area (Å²) in [5.41, 5.74) is 0.925. The van der Waals surface area contributed by atoms with Crippen molar-refractivity contribution >= 4 is 0 Å². The van der Waals surface area contributed by atoms with Gasteiger partial charge in [-0.2, -0.15) is 0 Å². The van der Waals surface area contributed by atoms with Crippen LogP contribution in [-0.4, -0.2) is 38.1 Å². The number of nitrogens with zero attached hydrogens (tertiary/aromatic N) is 1. The van der Waals surface area contributed by atoms with Gasteiger partial charge in [0, 0.05) is 6.54 Å². The Bertz CT molecular complexity index is 363. The fourth-order valence-corrected chi connectivity index (χ4v) is 5.19. The van der Waals surface area contributed by atoms with Gasteiger partial charge in [-0.25, -0.2) is 0 Å². The first-order chi connectivity index (χ1) is 10.5. The second kappa shape index (κ2) is 7.44. The summed E-state index contributed by atoms with van der Waals surface area (Å²) >= 11 is 0. The topological polar surface area (TPSA) is 15.3 Å². The lowest BCUT2D eigenvalue weighted by atomic mass is 9.67. The van der Waals surface area contributed by atoms with E-state index in [1.165, 1.54) is 51.9 Å². The Kier molecular flexibility index (Phi) is 6.22. The normalized spacial score (nSPS) is 34.6. The van der Waals surface area contributed by atoms with Gasteiger partial charge in [0.1, 0.15) is 0 Å². The molecular formula is C21H42N2. The fourth-order valence-electron chi connectivity index (χ4n) is 5.19. The van der Waals surface area contributed by atoms with Crippen LogP contribution in [0, 0.1) is 34.5 Å². The van der Waals surface area contributed by atoms with Crippen LogP contribution in [0.5, 0.6) is 0 Å². The predicted octanol–water partition coefficient (Wildman–Crippen LogP) is 4.65. The first kappa shape index (κ1) is 19.2. The lowest BCUT2D eigenvalue weighted by molar-refractivity contribution is 0.0456. The standard InChI is InChI=1S/C21H42N2/c1-20(2,3)11-16-10-18(14-22-13-16)19-15-23(7)9-8-17(19)12-21(4,5)6/h16-19,22H,8-15H2,1-7H3. The summed E-state index contributed by atoms with van der Waals surface area (Å²) in [6.07, 6.45) is 5.61. The molecule has 0 spiro atoms. The molecule has 1 N–H and O–H groups in total. The van der Waals surface area contributed by atoms with E-state index in [9.17, 15) is 0 Å². The molecule has 2 saturated heterocycles. The van der Waals surface area contributed by atoms with Crippen molar-refractivity contribution in [3.63, 3.8) is 0 Å². The van der Waals surface area contributed by atoms with E-state index in [4.69, 9.17) is 0 Å². The molecule has 0 radical (unpaired) electrons. The van der Waals surface area contributed by atoms with E-state index in [1.54, 1.807) is 0 Å². The Balaban J connectivity index is 2.02. The maximum atomic E-state index is 3.78. The fraction of sp³-hybridized carbons (Fsp3) is 1.00. The molecule has 4 unspecified atom stereocenters. The Hall–Kier alpha value is -0.0800. The smallest absolute Gasteiger partial charge is 0.00124 e. The number of hydrogen-bond donors (Lipinski definition) is 1. The van der Waals surface area contributed by atoms with E-state index in [2.05, 4.69) is 58.8 Å². The van der Waals surface area contributed by atoms with Crippen LogP contribution in [0.2, 0.25) is 0 Å². The van der Waals surface area contributed by atoms with Gasteiger partial charge in [-0.3, -0.25) is 0 Å². The van der Waals surface area contributed by atoms with Crippen LogP contribution in [0.25, 0.3) is 0 Å². The second-order valence-electron chi connectivity index (χ2n) is 11.0. The van der Waals surface area contributed by atoms with Gasteiger partial charge >= 0.3 is 0 Å². The maximum Gasteiger partial charge on any atom is 0.00124 e. The summed E-state index contributed by atoms with van der Waals surface area (Å²) in [4.78, 5) is 2.58. The minimum absolute atomic E-state index is 0.461. The van der Waals surface area contributed by atoms with Crippen molar-refractivity contribution in [1.29, 1.82) is 0 Å². The van der Waals surface area contributed by atoms with Gasteiger partial charge in [0.15, 0.2) is 0 Å². The average Bonchev–Trinajstić information content (AvgIpc) is 2.37. The average molecular weight is 323 g/mol. The second-order valence-corrected chi connectivity index (χ2v) is 11.0. The third kappa shape index (κ3) is 6.38. The molecule has 0 saturated carbocycles. The van der Waals surface area contributed by atoms with Crippen molar-refractivity contribution in [2.75, 3.05) is 33.2 Å². The molecular weight excluding hydrogens is 280 g/mol. The van der Waals surface area contributed by atoms with E-state index < -0.39 is 0 Å². The summed E-state index contributed by atoms with van der Waals surface area (Å²) in [6, 6.07) is 0. The Labute approximate surface area is 145 Å². The minimum Gasteiger partial charge on any atom is -0.316 e. The number of likely N-dealkylation sites (tertiary alicyclic amines) is 1. The van der Waals surface area contributed by atoms with Crippen molar-refractivity contribution in [2.45, 2.75) is 67.2 Å². The van der Waals surface area contributed by atoms with Crippen molar-refractivity contribution in [2.24, 2.45) is 34.5 Å². The molecule has 2 rings (SSSR count). The monoisotopic (exact) mass is 322 g/mol. The van der Waals surface area contributed by atoms with Crippen LogP contribution in [0.4, 0.5) is 0 Å². The van der Waals surface area contributed by atoms with Crippen LogP contribution >= 0.6 is 0 Å². The number of rotatable bonds is 3. The molecule has 2 heterocycles. The third-order valence-electron chi connectivity index (χ3n) is 5.87. The van der Waals surface area contributed by atoms with E-state index in [-0.39, 0.29) is 0 Å². The van der Waals surface area contributed by atoms with Gasteiger partial charge in [-0.15, -0.1) is 0 Å². The highest BCUT2D eigenvalue weighted by Crippen LogP contribution is 2.41. The van der Waals surface area contributed by atoms with Gasteiger partial charge < -0.3 is 10.2 Å². The molecule has 2 aliphatic rings. The molecule has 2 aliphatic heterocycles. The number of piperidine rings is 2. The molecule has 2 fully saturated rings. The van der Waals surface area contributed by atoms with E-state index in [0.29, 0.717) is 10.8 Å². The molecule has 2 heteroatoms. The summed E-state index contributed by atoms with van der Waals surface area (Å²) < 4.78 is 0. The molecule has 4 atom stereocenters. The minimum atomic E-state index is 0.461. The van der Waals surface area contributed by atoms with Gasteiger partial charge in [-0.1, -0.05) is 41.5 Å². The van der Waals surface area contributed by atoms with Crippen LogP contribution in [0.3, 0.4) is 0 Å². The molecule has 0 aromatic carbocycles. The third-order valence-corrected chi connectivity index (χ3v) is 5.87. The van der Waals surface area contributed by atoms with Crippen LogP contribution in [0.1, 0.15) is 67.2 Å². The zero-order valence-corrected chi connectivity index (χ0v) is 16.9. The van der Waals surface area contributed by atoms with Gasteiger partial charge in [0.05, 0.1) is 0 Å². The Morgan fingerprint density at radius 3 is 2.22 bits per heavy atom. The maximum absolute atomic E-state index is 3.78. The quantitative estimate of drug-likeness (QED) is 0.813. The SMILES string of the molecule is CN1CCC(CC(C)(C)C)C(C2CNCC(CC(C)(C)C)C2)C1. The van der Waals surface area contributed by atoms with Crippen LogP contribution in [-0.2, 0) is 0 Å². The molecule has 0 bridgehead atoms. The van der Waals surface area contributed by atoms with Gasteiger partial charge in [0.2, 0.25) is 0 Å². The molecule has 2 nitrogen and oxygen atoms in total. The first-order valence-corrected chi connectivity index (χ1v) is 9.93. The highest BCUT2D eigenvalue weighted by atomic mass is 15.1. The van der Waals surface area contributed by atoms with Crippen LogP contribution in [0.15, 0.2) is 0 Å². The van der Waals surface area contributed by atoms with Crippen molar-refractivity contribution < 1.29 is 0 Å². The number of hydrogen-bond acceptors (Lipinski definition) is 2. The molecule has 0 amide bonds. The molecule has 0 aromatic rings. The predicted molar refractivity (Wildman–Crippen MR) is 102 cm³/mol. The Morgan fingerprint density at radius 2 is 1.61 bits per heavy atom. The zero-order valence-electron chi connectivity index (χ0n) is 16.9.